The molecule has 1 aliphatic rings. The van der Waals surface area contributed by atoms with Gasteiger partial charge in [-0.25, -0.2) is 8.42 Å². The fraction of sp³-hybridized carbons (Fsp3) is 0.458. The summed E-state index contributed by atoms with van der Waals surface area (Å²) >= 11 is 0. The maximum Gasteiger partial charge on any atom is 0.175 e. The van der Waals surface area contributed by atoms with Crippen LogP contribution in [0.25, 0.3) is 0 Å². The molecule has 6 heteroatoms. The van der Waals surface area contributed by atoms with E-state index in [1.165, 1.54) is 11.8 Å². The highest BCUT2D eigenvalue weighted by Crippen LogP contribution is 2.26. The van der Waals surface area contributed by atoms with E-state index < -0.39 is 9.84 Å². The molecule has 5 nitrogen and oxygen atoms in total. The molecule has 0 spiro atoms. The molecular weight excluding hydrogens is 396 g/mol. The van der Waals surface area contributed by atoms with E-state index in [1.807, 2.05) is 19.9 Å². The van der Waals surface area contributed by atoms with Crippen molar-refractivity contribution >= 4 is 9.84 Å². The largest absolute Gasteiger partial charge is 0.493 e. The molecule has 0 aromatic heterocycles. The standard InChI is InChI=1S/C24H30N2O3S/c1-17-11-21(19(3)22(12-17)14-25)9-10-26-15-20(13-18(26)2)16-29-23-5-7-24(8-6-23)30(4,27)28/h5-8,11-12,18,20H,9-10,13,15-16H2,1-4H3/t18-,20+/m1/s1. The summed E-state index contributed by atoms with van der Waals surface area (Å²) in [5.74, 6) is 1.15. The molecule has 0 aliphatic carbocycles. The molecule has 2 aromatic carbocycles. The smallest absolute Gasteiger partial charge is 0.175 e. The Bertz CT molecular complexity index is 1040. The van der Waals surface area contributed by atoms with E-state index in [1.54, 1.807) is 24.3 Å². The molecule has 0 radical (unpaired) electrons. The average Bonchev–Trinajstić information content (AvgIpc) is 3.06. The normalized spacial score (nSPS) is 19.6. The molecule has 160 valence electrons. The van der Waals surface area contributed by atoms with Crippen LogP contribution in [0.3, 0.4) is 0 Å². The van der Waals surface area contributed by atoms with Gasteiger partial charge < -0.3 is 4.74 Å². The van der Waals surface area contributed by atoms with Crippen molar-refractivity contribution < 1.29 is 13.2 Å². The maximum absolute atomic E-state index is 11.6. The van der Waals surface area contributed by atoms with Crippen molar-refractivity contribution in [3.63, 3.8) is 0 Å². The number of nitrogens with zero attached hydrogens (tertiary/aromatic N) is 2. The summed E-state index contributed by atoms with van der Waals surface area (Å²) in [7, 11) is -3.18. The molecule has 30 heavy (non-hydrogen) atoms. The van der Waals surface area contributed by atoms with Crippen molar-refractivity contribution in [3.05, 3.63) is 58.7 Å². The molecule has 2 atom stereocenters. The van der Waals surface area contributed by atoms with Gasteiger partial charge in [0.15, 0.2) is 9.84 Å². The first-order chi connectivity index (χ1) is 14.2. The second kappa shape index (κ2) is 9.20. The third-order valence-electron chi connectivity index (χ3n) is 5.98. The van der Waals surface area contributed by atoms with Crippen LogP contribution in [0.15, 0.2) is 41.3 Å². The Hall–Kier alpha value is -2.36. The van der Waals surface area contributed by atoms with Crippen LogP contribution in [-0.4, -0.2) is 45.3 Å². The van der Waals surface area contributed by atoms with Crippen molar-refractivity contribution in [1.29, 1.82) is 5.26 Å². The highest BCUT2D eigenvalue weighted by atomic mass is 32.2. The minimum Gasteiger partial charge on any atom is -0.493 e. The van der Waals surface area contributed by atoms with Crippen LogP contribution in [-0.2, 0) is 16.3 Å². The number of nitriles is 1. The molecule has 1 aliphatic heterocycles. The van der Waals surface area contributed by atoms with E-state index in [-0.39, 0.29) is 0 Å². The van der Waals surface area contributed by atoms with Crippen LogP contribution >= 0.6 is 0 Å². The van der Waals surface area contributed by atoms with Gasteiger partial charge in [-0.05, 0) is 80.6 Å². The predicted molar refractivity (Wildman–Crippen MR) is 119 cm³/mol. The van der Waals surface area contributed by atoms with Crippen molar-refractivity contribution in [2.75, 3.05) is 26.0 Å². The Labute approximate surface area is 180 Å². The van der Waals surface area contributed by atoms with Gasteiger partial charge in [-0.15, -0.1) is 0 Å². The number of likely N-dealkylation sites (tertiary alicyclic amines) is 1. The summed E-state index contributed by atoms with van der Waals surface area (Å²) in [6.45, 7) is 8.91. The third kappa shape index (κ3) is 5.41. The molecule has 1 heterocycles. The van der Waals surface area contributed by atoms with Crippen LogP contribution < -0.4 is 4.74 Å². The van der Waals surface area contributed by atoms with Crippen LogP contribution in [0.1, 0.15) is 35.6 Å². The molecular formula is C24H30N2O3S. The number of hydrogen-bond acceptors (Lipinski definition) is 5. The van der Waals surface area contributed by atoms with Gasteiger partial charge in [-0.3, -0.25) is 4.90 Å². The SMILES string of the molecule is Cc1cc(C#N)c(C)c(CCN2C[C@@H](COc3ccc(S(C)(=O)=O)cc3)C[C@H]2C)c1. The summed E-state index contributed by atoms with van der Waals surface area (Å²) in [5.41, 5.74) is 4.25. The van der Waals surface area contributed by atoms with E-state index >= 15 is 0 Å². The molecule has 0 unspecified atom stereocenters. The first-order valence-corrected chi connectivity index (χ1v) is 12.2. The van der Waals surface area contributed by atoms with Crippen LogP contribution in [0.5, 0.6) is 5.75 Å². The first-order valence-electron chi connectivity index (χ1n) is 10.3. The van der Waals surface area contributed by atoms with Crippen molar-refractivity contribution in [2.24, 2.45) is 5.92 Å². The van der Waals surface area contributed by atoms with Gasteiger partial charge in [0.05, 0.1) is 23.1 Å². The molecule has 2 aromatic rings. The molecule has 1 fully saturated rings. The lowest BCUT2D eigenvalue weighted by Crippen LogP contribution is -2.30. The lowest BCUT2D eigenvalue weighted by Gasteiger charge is -2.22. The topological polar surface area (TPSA) is 70.4 Å². The number of sulfone groups is 1. The van der Waals surface area contributed by atoms with Crippen molar-refractivity contribution in [3.8, 4) is 11.8 Å². The van der Waals surface area contributed by atoms with Gasteiger partial charge in [0, 0.05) is 31.3 Å². The van der Waals surface area contributed by atoms with Gasteiger partial charge in [-0.1, -0.05) is 6.07 Å². The Kier molecular flexibility index (Phi) is 6.84. The molecule has 1 saturated heterocycles. The summed E-state index contributed by atoms with van der Waals surface area (Å²) in [6.07, 6.45) is 3.22. The summed E-state index contributed by atoms with van der Waals surface area (Å²) in [6, 6.07) is 13.6. The zero-order chi connectivity index (χ0) is 21.9. The van der Waals surface area contributed by atoms with Crippen molar-refractivity contribution in [2.45, 2.75) is 44.6 Å². The predicted octanol–water partition coefficient (Wildman–Crippen LogP) is 3.91. The second-order valence-corrected chi connectivity index (χ2v) is 10.5. The number of aryl methyl sites for hydroxylation is 1. The van der Waals surface area contributed by atoms with Crippen molar-refractivity contribution in [1.82, 2.24) is 4.90 Å². The lowest BCUT2D eigenvalue weighted by atomic mass is 9.97. The van der Waals surface area contributed by atoms with E-state index in [0.29, 0.717) is 29.2 Å². The van der Waals surface area contributed by atoms with Gasteiger partial charge in [-0.2, -0.15) is 5.26 Å². The quantitative estimate of drug-likeness (QED) is 0.671. The zero-order valence-electron chi connectivity index (χ0n) is 18.2. The molecule has 0 bridgehead atoms. The summed E-state index contributed by atoms with van der Waals surface area (Å²) in [4.78, 5) is 2.80. The summed E-state index contributed by atoms with van der Waals surface area (Å²) < 4.78 is 29.0. The van der Waals surface area contributed by atoms with Crippen LogP contribution in [0.2, 0.25) is 0 Å². The van der Waals surface area contributed by atoms with Crippen LogP contribution in [0.4, 0.5) is 0 Å². The first kappa shape index (κ1) is 22.3. The highest BCUT2D eigenvalue weighted by molar-refractivity contribution is 7.90. The third-order valence-corrected chi connectivity index (χ3v) is 7.10. The van der Waals surface area contributed by atoms with E-state index in [0.717, 1.165) is 42.6 Å². The molecule has 0 N–H and O–H groups in total. The Morgan fingerprint density at radius 1 is 1.20 bits per heavy atom. The lowest BCUT2D eigenvalue weighted by molar-refractivity contribution is 0.234. The zero-order valence-corrected chi connectivity index (χ0v) is 19.0. The Balaban J connectivity index is 1.54. The van der Waals surface area contributed by atoms with Gasteiger partial charge >= 0.3 is 0 Å². The van der Waals surface area contributed by atoms with Gasteiger partial charge in [0.25, 0.3) is 0 Å². The monoisotopic (exact) mass is 426 g/mol. The average molecular weight is 427 g/mol. The minimum atomic E-state index is -3.18. The fourth-order valence-electron chi connectivity index (χ4n) is 4.22. The fourth-order valence-corrected chi connectivity index (χ4v) is 4.85. The number of hydrogen-bond donors (Lipinski definition) is 0. The number of benzene rings is 2. The van der Waals surface area contributed by atoms with Crippen LogP contribution in [0, 0.1) is 31.1 Å². The maximum atomic E-state index is 11.6. The van der Waals surface area contributed by atoms with E-state index in [4.69, 9.17) is 4.74 Å². The van der Waals surface area contributed by atoms with Gasteiger partial charge in [0.2, 0.25) is 0 Å². The van der Waals surface area contributed by atoms with Gasteiger partial charge in [0.1, 0.15) is 5.75 Å². The second-order valence-electron chi connectivity index (χ2n) is 8.46. The highest BCUT2D eigenvalue weighted by Gasteiger charge is 2.29. The minimum absolute atomic E-state index is 0.307. The molecule has 0 saturated carbocycles. The Morgan fingerprint density at radius 2 is 1.90 bits per heavy atom. The number of ether oxygens (including phenoxy) is 1. The number of rotatable bonds is 7. The summed E-state index contributed by atoms with van der Waals surface area (Å²) in [5, 5.41) is 9.33. The van der Waals surface area contributed by atoms with E-state index in [9.17, 15) is 13.7 Å². The van der Waals surface area contributed by atoms with E-state index in [2.05, 4.69) is 24.0 Å². The molecule has 0 amide bonds. The Morgan fingerprint density at radius 3 is 2.53 bits per heavy atom. The molecule has 3 rings (SSSR count).